The number of nitrogens with one attached hydrogen (secondary N) is 1. The number of hydrogen-bond donors (Lipinski definition) is 1. The number of carbonyl (C=O) groups is 1. The summed E-state index contributed by atoms with van der Waals surface area (Å²) >= 11 is 0. The van der Waals surface area contributed by atoms with Gasteiger partial charge in [-0.25, -0.2) is 0 Å². The Morgan fingerprint density at radius 3 is 2.42 bits per heavy atom. The van der Waals surface area contributed by atoms with Crippen molar-refractivity contribution in [1.29, 1.82) is 0 Å². The van der Waals surface area contributed by atoms with Crippen LogP contribution >= 0.6 is 12.4 Å². The van der Waals surface area contributed by atoms with Crippen LogP contribution in [0.3, 0.4) is 0 Å². The molecule has 3 rings (SSSR count). The molecule has 0 spiro atoms. The molecule has 2 aliphatic rings. The molecule has 1 saturated heterocycles. The minimum Gasteiger partial charge on any atom is -0.496 e. The van der Waals surface area contributed by atoms with Crippen LogP contribution in [0.25, 0.3) is 0 Å². The smallest absolute Gasteiger partial charge is 0.255 e. The lowest BCUT2D eigenvalue weighted by Gasteiger charge is -2.49. The van der Waals surface area contributed by atoms with Gasteiger partial charge in [0, 0.05) is 38.3 Å². The molecule has 1 aliphatic carbocycles. The van der Waals surface area contributed by atoms with Gasteiger partial charge in [0.05, 0.1) is 12.7 Å². The summed E-state index contributed by atoms with van der Waals surface area (Å²) < 4.78 is 5.33. The highest BCUT2D eigenvalue weighted by Gasteiger charge is 2.39. The zero-order chi connectivity index (χ0) is 17.7. The molecule has 146 valence electrons. The van der Waals surface area contributed by atoms with E-state index >= 15 is 0 Å². The van der Waals surface area contributed by atoms with Crippen molar-refractivity contribution in [1.82, 2.24) is 15.1 Å². The molecule has 0 aromatic heterocycles. The van der Waals surface area contributed by atoms with E-state index in [1.165, 1.54) is 32.1 Å². The standard InChI is InChI=1S/C20H31N3O2.ClH/c1-22-12-14-23(15-13-22)20(10-6-3-7-11-20)16-21-19(24)17-8-4-5-9-18(17)25-2;/h4-5,8-9H,3,6-7,10-16H2,1-2H3,(H,21,24);1H. The van der Waals surface area contributed by atoms with Crippen molar-refractivity contribution in [3.8, 4) is 5.75 Å². The number of ether oxygens (including phenoxy) is 1. The summed E-state index contributed by atoms with van der Waals surface area (Å²) in [7, 11) is 3.80. The number of piperazine rings is 1. The third-order valence-electron chi connectivity index (χ3n) is 5.89. The van der Waals surface area contributed by atoms with Crippen LogP contribution in [0, 0.1) is 0 Å². The first-order chi connectivity index (χ1) is 12.1. The number of likely N-dealkylation sites (N-methyl/N-ethyl adjacent to an activating group) is 1. The van der Waals surface area contributed by atoms with Crippen LogP contribution in [0.1, 0.15) is 42.5 Å². The highest BCUT2D eigenvalue weighted by Crippen LogP contribution is 2.34. The number of methoxy groups -OCH3 is 1. The van der Waals surface area contributed by atoms with Crippen molar-refractivity contribution in [3.63, 3.8) is 0 Å². The monoisotopic (exact) mass is 381 g/mol. The quantitative estimate of drug-likeness (QED) is 0.851. The molecule has 0 bridgehead atoms. The van der Waals surface area contributed by atoms with Crippen LogP contribution in [0.2, 0.25) is 0 Å². The Hall–Kier alpha value is -1.30. The molecule has 2 fully saturated rings. The average molecular weight is 382 g/mol. The molecular weight excluding hydrogens is 350 g/mol. The normalized spacial score (nSPS) is 20.8. The highest BCUT2D eigenvalue weighted by atomic mass is 35.5. The fourth-order valence-electron chi connectivity index (χ4n) is 4.27. The Labute approximate surface area is 163 Å². The summed E-state index contributed by atoms with van der Waals surface area (Å²) in [4.78, 5) is 17.7. The second kappa shape index (κ2) is 9.58. The summed E-state index contributed by atoms with van der Waals surface area (Å²) in [6, 6.07) is 7.44. The van der Waals surface area contributed by atoms with E-state index in [-0.39, 0.29) is 23.9 Å². The number of amides is 1. The molecule has 1 aromatic carbocycles. The van der Waals surface area contributed by atoms with Crippen molar-refractivity contribution in [2.75, 3.05) is 46.9 Å². The first-order valence-electron chi connectivity index (χ1n) is 9.49. The fourth-order valence-corrected chi connectivity index (χ4v) is 4.27. The van der Waals surface area contributed by atoms with Crippen LogP contribution in [0.4, 0.5) is 0 Å². The molecular formula is C20H32ClN3O2. The van der Waals surface area contributed by atoms with Crippen molar-refractivity contribution >= 4 is 18.3 Å². The third kappa shape index (κ3) is 4.70. The van der Waals surface area contributed by atoms with Gasteiger partial charge in [0.15, 0.2) is 0 Å². The lowest BCUT2D eigenvalue weighted by molar-refractivity contribution is 0.0138. The molecule has 6 heteroatoms. The van der Waals surface area contributed by atoms with Gasteiger partial charge in [-0.05, 0) is 32.0 Å². The van der Waals surface area contributed by atoms with Gasteiger partial charge in [0.1, 0.15) is 5.75 Å². The predicted molar refractivity (Wildman–Crippen MR) is 107 cm³/mol. The van der Waals surface area contributed by atoms with Gasteiger partial charge in [-0.1, -0.05) is 31.4 Å². The summed E-state index contributed by atoms with van der Waals surface area (Å²) in [5.74, 6) is 0.605. The summed E-state index contributed by atoms with van der Waals surface area (Å²) in [6.07, 6.45) is 6.20. The molecule has 26 heavy (non-hydrogen) atoms. The van der Waals surface area contributed by atoms with E-state index in [9.17, 15) is 4.79 Å². The Morgan fingerprint density at radius 1 is 1.12 bits per heavy atom. The molecule has 1 saturated carbocycles. The molecule has 1 N–H and O–H groups in total. The largest absolute Gasteiger partial charge is 0.496 e. The van der Waals surface area contributed by atoms with E-state index in [0.29, 0.717) is 11.3 Å². The summed E-state index contributed by atoms with van der Waals surface area (Å²) in [6.45, 7) is 5.15. The molecule has 1 aromatic rings. The maximum atomic E-state index is 12.7. The van der Waals surface area contributed by atoms with Crippen molar-refractivity contribution < 1.29 is 9.53 Å². The zero-order valence-electron chi connectivity index (χ0n) is 16.0. The maximum absolute atomic E-state index is 12.7. The average Bonchev–Trinajstić information content (AvgIpc) is 2.67. The lowest BCUT2D eigenvalue weighted by Crippen LogP contribution is -2.61. The first-order valence-corrected chi connectivity index (χ1v) is 9.49. The maximum Gasteiger partial charge on any atom is 0.255 e. The van der Waals surface area contributed by atoms with Gasteiger partial charge in [-0.2, -0.15) is 0 Å². The topological polar surface area (TPSA) is 44.8 Å². The Balaban J connectivity index is 0.00000243. The highest BCUT2D eigenvalue weighted by molar-refractivity contribution is 5.96. The van der Waals surface area contributed by atoms with Crippen molar-refractivity contribution in [3.05, 3.63) is 29.8 Å². The van der Waals surface area contributed by atoms with Gasteiger partial charge in [-0.3, -0.25) is 9.69 Å². The second-order valence-electron chi connectivity index (χ2n) is 7.46. The minimum atomic E-state index is -0.0310. The molecule has 5 nitrogen and oxygen atoms in total. The Bertz CT molecular complexity index is 582. The van der Waals surface area contributed by atoms with Crippen LogP contribution in [0.5, 0.6) is 5.75 Å². The van der Waals surface area contributed by atoms with Crippen molar-refractivity contribution in [2.45, 2.75) is 37.6 Å². The number of carbonyl (C=O) groups excluding carboxylic acids is 1. The lowest BCUT2D eigenvalue weighted by atomic mass is 9.79. The van der Waals surface area contributed by atoms with Crippen LogP contribution < -0.4 is 10.1 Å². The number of halogens is 1. The number of benzene rings is 1. The van der Waals surface area contributed by atoms with Crippen LogP contribution in [-0.4, -0.2) is 68.1 Å². The van der Waals surface area contributed by atoms with Gasteiger partial charge in [0.2, 0.25) is 0 Å². The third-order valence-corrected chi connectivity index (χ3v) is 5.89. The fraction of sp³-hybridized carbons (Fsp3) is 0.650. The van der Waals surface area contributed by atoms with Crippen LogP contribution in [-0.2, 0) is 0 Å². The van der Waals surface area contributed by atoms with Gasteiger partial charge in [0.25, 0.3) is 5.91 Å². The van der Waals surface area contributed by atoms with Crippen molar-refractivity contribution in [2.24, 2.45) is 0 Å². The van der Waals surface area contributed by atoms with Gasteiger partial charge < -0.3 is 15.0 Å². The number of para-hydroxylation sites is 1. The van der Waals surface area contributed by atoms with E-state index in [1.54, 1.807) is 7.11 Å². The second-order valence-corrected chi connectivity index (χ2v) is 7.46. The van der Waals surface area contributed by atoms with Crippen LogP contribution in [0.15, 0.2) is 24.3 Å². The van der Waals surface area contributed by atoms with E-state index < -0.39 is 0 Å². The van der Waals surface area contributed by atoms with E-state index in [1.807, 2.05) is 24.3 Å². The zero-order valence-corrected chi connectivity index (χ0v) is 16.8. The summed E-state index contributed by atoms with van der Waals surface area (Å²) in [5.41, 5.74) is 0.742. The predicted octanol–water partition coefficient (Wildman–Crippen LogP) is 2.80. The molecule has 0 atom stereocenters. The van der Waals surface area contributed by atoms with Gasteiger partial charge in [-0.15, -0.1) is 12.4 Å². The summed E-state index contributed by atoms with van der Waals surface area (Å²) in [5, 5.41) is 3.22. The Morgan fingerprint density at radius 2 is 1.77 bits per heavy atom. The molecule has 1 aliphatic heterocycles. The molecule has 1 amide bonds. The first kappa shape index (κ1) is 21.0. The molecule has 1 heterocycles. The minimum absolute atomic E-state index is 0. The molecule has 0 radical (unpaired) electrons. The number of rotatable bonds is 5. The number of nitrogens with zero attached hydrogens (tertiary/aromatic N) is 2. The SMILES string of the molecule is COc1ccccc1C(=O)NCC1(N2CCN(C)CC2)CCCCC1.Cl. The van der Waals surface area contributed by atoms with E-state index in [4.69, 9.17) is 4.74 Å². The van der Waals surface area contributed by atoms with E-state index in [0.717, 1.165) is 32.7 Å². The Kier molecular flexibility index (Phi) is 7.74. The van der Waals surface area contributed by atoms with Gasteiger partial charge >= 0.3 is 0 Å². The van der Waals surface area contributed by atoms with E-state index in [2.05, 4.69) is 22.2 Å². The number of hydrogen-bond acceptors (Lipinski definition) is 4. The molecule has 0 unspecified atom stereocenters.